The fourth-order valence-corrected chi connectivity index (χ4v) is 6.44. The molecule has 1 N–H and O–H groups in total. The highest BCUT2D eigenvalue weighted by Gasteiger charge is 2.54. The second-order valence-electron chi connectivity index (χ2n) is 7.29. The molecule has 2 aliphatic carbocycles. The number of nitrogens with zero attached hydrogens (tertiary/aromatic N) is 1. The van der Waals surface area contributed by atoms with E-state index in [-0.39, 0.29) is 10.7 Å². The predicted octanol–water partition coefficient (Wildman–Crippen LogP) is 3.51. The quantitative estimate of drug-likeness (QED) is 0.787. The van der Waals surface area contributed by atoms with Crippen molar-refractivity contribution in [1.82, 2.24) is 5.32 Å². The zero-order valence-corrected chi connectivity index (χ0v) is 14.5. The molecule has 1 spiro atoms. The van der Waals surface area contributed by atoms with Crippen molar-refractivity contribution in [2.45, 2.75) is 55.7 Å². The fraction of sp³-hybridized carbons (Fsp3) is 0.684. The molecule has 1 saturated carbocycles. The molecule has 1 amide bonds. The zero-order chi connectivity index (χ0) is 15.7. The van der Waals surface area contributed by atoms with Crippen LogP contribution in [0.2, 0.25) is 0 Å². The highest BCUT2D eigenvalue weighted by Crippen LogP contribution is 2.52. The van der Waals surface area contributed by atoms with E-state index in [0.29, 0.717) is 17.9 Å². The van der Waals surface area contributed by atoms with Gasteiger partial charge in [-0.05, 0) is 31.3 Å². The summed E-state index contributed by atoms with van der Waals surface area (Å²) in [6, 6.07) is 0.407. The van der Waals surface area contributed by atoms with E-state index < -0.39 is 0 Å². The minimum absolute atomic E-state index is 0.0293. The van der Waals surface area contributed by atoms with Gasteiger partial charge in [0.2, 0.25) is 5.91 Å². The van der Waals surface area contributed by atoms with E-state index in [9.17, 15) is 4.79 Å². The number of allylic oxidation sites excluding steroid dienone is 3. The summed E-state index contributed by atoms with van der Waals surface area (Å²) in [4.78, 5) is 17.7. The summed E-state index contributed by atoms with van der Waals surface area (Å²) in [6.45, 7) is 0.869. The Labute approximate surface area is 143 Å². The SMILES string of the molecule is O=C(NC1CCCCCC1)C1CSC23C=CC=CC2=NCCC13. The second kappa shape index (κ2) is 6.46. The number of hydrogen-bond donors (Lipinski definition) is 1. The molecule has 0 radical (unpaired) electrons. The van der Waals surface area contributed by atoms with Crippen LogP contribution in [0.3, 0.4) is 0 Å². The van der Waals surface area contributed by atoms with Gasteiger partial charge in [-0.1, -0.05) is 43.9 Å². The van der Waals surface area contributed by atoms with Gasteiger partial charge in [-0.2, -0.15) is 0 Å². The molecule has 0 aromatic rings. The lowest BCUT2D eigenvalue weighted by atomic mass is 9.74. The lowest BCUT2D eigenvalue weighted by molar-refractivity contribution is -0.126. The van der Waals surface area contributed by atoms with Gasteiger partial charge in [0, 0.05) is 18.3 Å². The third kappa shape index (κ3) is 2.79. The van der Waals surface area contributed by atoms with Gasteiger partial charge < -0.3 is 5.32 Å². The standard InChI is InChI=1S/C19H26N2OS/c22-18(21-14-7-3-1-2-4-8-14)15-13-23-19-11-6-5-9-17(19)20-12-10-16(15)19/h5-6,9,11,14-16H,1-4,7-8,10,12-13H2,(H,21,22). The predicted molar refractivity (Wildman–Crippen MR) is 97.0 cm³/mol. The molecule has 4 rings (SSSR count). The van der Waals surface area contributed by atoms with Crippen LogP contribution in [0.5, 0.6) is 0 Å². The number of carbonyl (C=O) groups excluding carboxylic acids is 1. The number of thioether (sulfide) groups is 1. The maximum Gasteiger partial charge on any atom is 0.224 e. The highest BCUT2D eigenvalue weighted by atomic mass is 32.2. The molecule has 3 atom stereocenters. The van der Waals surface area contributed by atoms with E-state index in [1.54, 1.807) is 0 Å². The van der Waals surface area contributed by atoms with Crippen molar-refractivity contribution in [3.05, 3.63) is 24.3 Å². The van der Waals surface area contributed by atoms with E-state index in [2.05, 4.69) is 29.6 Å². The van der Waals surface area contributed by atoms with Crippen LogP contribution in [0, 0.1) is 11.8 Å². The van der Waals surface area contributed by atoms with E-state index >= 15 is 0 Å². The Morgan fingerprint density at radius 3 is 2.83 bits per heavy atom. The van der Waals surface area contributed by atoms with Gasteiger partial charge >= 0.3 is 0 Å². The van der Waals surface area contributed by atoms with Crippen molar-refractivity contribution >= 4 is 23.4 Å². The Kier molecular flexibility index (Phi) is 4.35. The maximum absolute atomic E-state index is 12.9. The van der Waals surface area contributed by atoms with E-state index in [0.717, 1.165) is 31.6 Å². The van der Waals surface area contributed by atoms with Gasteiger partial charge in [0.15, 0.2) is 0 Å². The zero-order valence-electron chi connectivity index (χ0n) is 13.7. The van der Waals surface area contributed by atoms with E-state index in [1.807, 2.05) is 11.8 Å². The fourth-order valence-electron chi connectivity index (χ4n) is 4.65. The third-order valence-electron chi connectivity index (χ3n) is 5.91. The van der Waals surface area contributed by atoms with Crippen LogP contribution in [0.4, 0.5) is 0 Å². The van der Waals surface area contributed by atoms with Crippen LogP contribution >= 0.6 is 11.8 Å². The van der Waals surface area contributed by atoms with Gasteiger partial charge in [-0.15, -0.1) is 11.8 Å². The van der Waals surface area contributed by atoms with Gasteiger partial charge in [0.25, 0.3) is 0 Å². The first-order valence-corrected chi connectivity index (χ1v) is 10.1. The molecule has 1 saturated heterocycles. The monoisotopic (exact) mass is 330 g/mol. The van der Waals surface area contributed by atoms with Gasteiger partial charge in [-0.25, -0.2) is 0 Å². The molecule has 2 fully saturated rings. The van der Waals surface area contributed by atoms with Gasteiger partial charge in [-0.3, -0.25) is 9.79 Å². The van der Waals surface area contributed by atoms with Crippen LogP contribution in [0.15, 0.2) is 29.3 Å². The largest absolute Gasteiger partial charge is 0.353 e. The summed E-state index contributed by atoms with van der Waals surface area (Å²) in [5.74, 6) is 1.79. The molecule has 4 aliphatic rings. The molecule has 2 aliphatic heterocycles. The third-order valence-corrected chi connectivity index (χ3v) is 7.56. The summed E-state index contributed by atoms with van der Waals surface area (Å²) in [5.41, 5.74) is 1.19. The summed E-state index contributed by atoms with van der Waals surface area (Å²) in [5, 5.41) is 3.39. The molecular weight excluding hydrogens is 304 g/mol. The highest BCUT2D eigenvalue weighted by molar-refractivity contribution is 8.02. The molecule has 0 bridgehead atoms. The Bertz CT molecular complexity index is 560. The average Bonchev–Trinajstić information content (AvgIpc) is 2.75. The molecule has 124 valence electrons. The molecule has 0 aromatic carbocycles. The lowest BCUT2D eigenvalue weighted by Crippen LogP contribution is -2.47. The van der Waals surface area contributed by atoms with Crippen LogP contribution in [-0.2, 0) is 4.79 Å². The van der Waals surface area contributed by atoms with Crippen molar-refractivity contribution in [2.24, 2.45) is 16.8 Å². The first-order valence-electron chi connectivity index (χ1n) is 9.15. The van der Waals surface area contributed by atoms with Crippen molar-refractivity contribution in [3.63, 3.8) is 0 Å². The van der Waals surface area contributed by atoms with Crippen molar-refractivity contribution in [2.75, 3.05) is 12.3 Å². The molecule has 3 nitrogen and oxygen atoms in total. The lowest BCUT2D eigenvalue weighted by Gasteiger charge is -2.38. The first kappa shape index (κ1) is 15.5. The van der Waals surface area contributed by atoms with E-state index in [4.69, 9.17) is 4.99 Å². The van der Waals surface area contributed by atoms with Crippen LogP contribution in [0.25, 0.3) is 0 Å². The summed E-state index contributed by atoms with van der Waals surface area (Å²) >= 11 is 1.93. The minimum Gasteiger partial charge on any atom is -0.353 e. The van der Waals surface area contributed by atoms with Crippen LogP contribution in [0.1, 0.15) is 44.9 Å². The number of carbonyl (C=O) groups is 1. The number of amides is 1. The summed E-state index contributed by atoms with van der Waals surface area (Å²) < 4.78 is -0.0293. The maximum atomic E-state index is 12.9. The van der Waals surface area contributed by atoms with Crippen molar-refractivity contribution in [1.29, 1.82) is 0 Å². The molecule has 4 heteroatoms. The average molecular weight is 330 g/mol. The molecule has 0 aromatic heterocycles. The molecule has 23 heavy (non-hydrogen) atoms. The Balaban J connectivity index is 1.48. The van der Waals surface area contributed by atoms with Gasteiger partial charge in [0.1, 0.15) is 0 Å². The van der Waals surface area contributed by atoms with Gasteiger partial charge in [0.05, 0.1) is 16.4 Å². The smallest absolute Gasteiger partial charge is 0.224 e. The summed E-state index contributed by atoms with van der Waals surface area (Å²) in [6.07, 6.45) is 17.2. The topological polar surface area (TPSA) is 41.5 Å². The number of aliphatic imine (C=N–C) groups is 1. The van der Waals surface area contributed by atoms with E-state index in [1.165, 1.54) is 31.4 Å². The molecule has 3 unspecified atom stereocenters. The van der Waals surface area contributed by atoms with Crippen LogP contribution < -0.4 is 5.32 Å². The molecule has 2 heterocycles. The first-order chi connectivity index (χ1) is 11.3. The normalized spacial score (nSPS) is 36.8. The number of nitrogens with one attached hydrogen (secondary N) is 1. The Morgan fingerprint density at radius 1 is 1.17 bits per heavy atom. The second-order valence-corrected chi connectivity index (χ2v) is 8.59. The van der Waals surface area contributed by atoms with Crippen molar-refractivity contribution in [3.8, 4) is 0 Å². The number of hydrogen-bond acceptors (Lipinski definition) is 3. The van der Waals surface area contributed by atoms with Crippen LogP contribution in [-0.4, -0.2) is 34.7 Å². The number of rotatable bonds is 2. The summed E-state index contributed by atoms with van der Waals surface area (Å²) in [7, 11) is 0. The van der Waals surface area contributed by atoms with Crippen molar-refractivity contribution < 1.29 is 4.79 Å². The Hall–Kier alpha value is -1.03. The Morgan fingerprint density at radius 2 is 2.00 bits per heavy atom. The molecular formula is C19H26N2OS. The minimum atomic E-state index is -0.0293.